The Balaban J connectivity index is 2.78. The van der Waals surface area contributed by atoms with Crippen LogP contribution in [-0.4, -0.2) is 50.5 Å². The van der Waals surface area contributed by atoms with Gasteiger partial charge in [-0.15, -0.1) is 0 Å². The van der Waals surface area contributed by atoms with E-state index in [0.717, 1.165) is 0 Å². The predicted octanol–water partition coefficient (Wildman–Crippen LogP) is 0.923. The lowest BCUT2D eigenvalue weighted by Crippen LogP contribution is -2.38. The highest BCUT2D eigenvalue weighted by molar-refractivity contribution is 5.88. The van der Waals surface area contributed by atoms with Crippen molar-refractivity contribution in [3.8, 4) is 11.5 Å². The quantitative estimate of drug-likeness (QED) is 0.693. The number of benzene rings is 1. The third-order valence-corrected chi connectivity index (χ3v) is 2.69. The highest BCUT2D eigenvalue weighted by Crippen LogP contribution is 2.29. The molecule has 0 radical (unpaired) electrons. The van der Waals surface area contributed by atoms with E-state index in [0.29, 0.717) is 18.9 Å². The molecule has 1 aromatic carbocycles. The zero-order chi connectivity index (χ0) is 15.8. The standard InChI is InChI=1S/C14H19NO6/c1-9(13(16)15-6-7-19-2)21-12-8-10(14(17)18)4-5-11(12)20-3/h4-5,8-9H,6-7H2,1-3H3,(H,15,16)(H,17,18). The molecule has 0 heterocycles. The molecule has 1 unspecified atom stereocenters. The van der Waals surface area contributed by atoms with Gasteiger partial charge in [-0.1, -0.05) is 0 Å². The molecule has 0 aliphatic heterocycles. The number of ether oxygens (including phenoxy) is 3. The Labute approximate surface area is 122 Å². The molecule has 1 atom stereocenters. The van der Waals surface area contributed by atoms with Crippen molar-refractivity contribution in [3.63, 3.8) is 0 Å². The first kappa shape index (κ1) is 16.8. The van der Waals surface area contributed by atoms with Crippen LogP contribution in [0.15, 0.2) is 18.2 Å². The van der Waals surface area contributed by atoms with Crippen LogP contribution in [0.25, 0.3) is 0 Å². The number of carboxylic acids is 1. The largest absolute Gasteiger partial charge is 0.493 e. The van der Waals surface area contributed by atoms with Crippen LogP contribution in [-0.2, 0) is 9.53 Å². The molecular formula is C14H19NO6. The molecule has 0 bridgehead atoms. The van der Waals surface area contributed by atoms with Crippen LogP contribution in [0.4, 0.5) is 0 Å². The van der Waals surface area contributed by atoms with Crippen molar-refractivity contribution in [2.45, 2.75) is 13.0 Å². The van der Waals surface area contributed by atoms with E-state index in [1.54, 1.807) is 6.92 Å². The number of carbonyl (C=O) groups is 2. The summed E-state index contributed by atoms with van der Waals surface area (Å²) in [5.41, 5.74) is 0.0535. The molecule has 0 fully saturated rings. The van der Waals surface area contributed by atoms with Gasteiger partial charge in [-0.25, -0.2) is 4.79 Å². The minimum Gasteiger partial charge on any atom is -0.493 e. The van der Waals surface area contributed by atoms with Crippen molar-refractivity contribution < 1.29 is 28.9 Å². The Hall–Kier alpha value is -2.28. The Morgan fingerprint density at radius 2 is 2.00 bits per heavy atom. The van der Waals surface area contributed by atoms with Crippen molar-refractivity contribution in [2.24, 2.45) is 0 Å². The number of nitrogens with one attached hydrogen (secondary N) is 1. The lowest BCUT2D eigenvalue weighted by Gasteiger charge is -2.17. The topological polar surface area (TPSA) is 94.1 Å². The third kappa shape index (κ3) is 4.96. The fourth-order valence-electron chi connectivity index (χ4n) is 1.57. The number of carboxylic acid groups (broad SMARTS) is 1. The predicted molar refractivity (Wildman–Crippen MR) is 74.9 cm³/mol. The number of amides is 1. The molecule has 0 saturated carbocycles. The van der Waals surface area contributed by atoms with E-state index in [2.05, 4.69) is 5.32 Å². The van der Waals surface area contributed by atoms with Crippen LogP contribution in [0, 0.1) is 0 Å². The second kappa shape index (κ2) is 8.11. The first-order valence-corrected chi connectivity index (χ1v) is 6.34. The maximum Gasteiger partial charge on any atom is 0.335 e. The summed E-state index contributed by atoms with van der Waals surface area (Å²) >= 11 is 0. The van der Waals surface area contributed by atoms with Crippen molar-refractivity contribution in [1.82, 2.24) is 5.32 Å². The zero-order valence-corrected chi connectivity index (χ0v) is 12.2. The summed E-state index contributed by atoms with van der Waals surface area (Å²) in [6.07, 6.45) is -0.792. The molecule has 0 aliphatic carbocycles. The van der Waals surface area contributed by atoms with Gasteiger partial charge in [-0.3, -0.25) is 4.79 Å². The lowest BCUT2D eigenvalue weighted by molar-refractivity contribution is -0.127. The lowest BCUT2D eigenvalue weighted by atomic mass is 10.2. The van der Waals surface area contributed by atoms with Gasteiger partial charge < -0.3 is 24.6 Å². The van der Waals surface area contributed by atoms with Crippen molar-refractivity contribution in [3.05, 3.63) is 23.8 Å². The summed E-state index contributed by atoms with van der Waals surface area (Å²) in [4.78, 5) is 22.7. The number of hydrogen-bond donors (Lipinski definition) is 2. The van der Waals surface area contributed by atoms with E-state index in [1.165, 1.54) is 32.4 Å². The van der Waals surface area contributed by atoms with Gasteiger partial charge in [0, 0.05) is 13.7 Å². The first-order chi connectivity index (χ1) is 9.99. The van der Waals surface area contributed by atoms with Gasteiger partial charge in [0.1, 0.15) is 0 Å². The molecule has 21 heavy (non-hydrogen) atoms. The number of aromatic carboxylic acids is 1. The average Bonchev–Trinajstić information content (AvgIpc) is 2.47. The van der Waals surface area contributed by atoms with E-state index < -0.39 is 12.1 Å². The molecule has 1 amide bonds. The molecule has 0 aliphatic rings. The third-order valence-electron chi connectivity index (χ3n) is 2.69. The van der Waals surface area contributed by atoms with Crippen LogP contribution in [0.3, 0.4) is 0 Å². The van der Waals surface area contributed by atoms with Gasteiger partial charge in [0.2, 0.25) is 0 Å². The van der Waals surface area contributed by atoms with Crippen LogP contribution in [0.2, 0.25) is 0 Å². The molecule has 116 valence electrons. The fraction of sp³-hybridized carbons (Fsp3) is 0.429. The number of rotatable bonds is 8. The smallest absolute Gasteiger partial charge is 0.335 e. The maximum absolute atomic E-state index is 11.8. The van der Waals surface area contributed by atoms with Crippen molar-refractivity contribution in [1.29, 1.82) is 0 Å². The minimum atomic E-state index is -1.08. The Morgan fingerprint density at radius 3 is 2.57 bits per heavy atom. The first-order valence-electron chi connectivity index (χ1n) is 6.34. The molecule has 0 aromatic heterocycles. The molecule has 1 rings (SSSR count). The van der Waals surface area contributed by atoms with Gasteiger partial charge in [-0.05, 0) is 25.1 Å². The Bertz CT molecular complexity index is 502. The Morgan fingerprint density at radius 1 is 1.29 bits per heavy atom. The van der Waals surface area contributed by atoms with Gasteiger partial charge in [-0.2, -0.15) is 0 Å². The summed E-state index contributed by atoms with van der Waals surface area (Å²) in [5, 5.41) is 11.6. The van der Waals surface area contributed by atoms with E-state index in [4.69, 9.17) is 19.3 Å². The second-order valence-electron chi connectivity index (χ2n) is 4.21. The fourth-order valence-corrected chi connectivity index (χ4v) is 1.57. The molecule has 1 aromatic rings. The number of methoxy groups -OCH3 is 2. The molecule has 0 spiro atoms. The van der Waals surface area contributed by atoms with Gasteiger partial charge in [0.15, 0.2) is 17.6 Å². The van der Waals surface area contributed by atoms with E-state index in [9.17, 15) is 9.59 Å². The molecule has 2 N–H and O–H groups in total. The number of hydrogen-bond acceptors (Lipinski definition) is 5. The Kier molecular flexibility index (Phi) is 6.48. The summed E-state index contributed by atoms with van der Waals surface area (Å²) in [5.74, 6) is -0.849. The van der Waals surface area contributed by atoms with Crippen molar-refractivity contribution in [2.75, 3.05) is 27.4 Å². The second-order valence-corrected chi connectivity index (χ2v) is 4.21. The van der Waals surface area contributed by atoms with E-state index >= 15 is 0 Å². The summed E-state index contributed by atoms with van der Waals surface area (Å²) in [6, 6.07) is 4.20. The molecule has 7 heteroatoms. The molecule has 0 saturated heterocycles. The highest BCUT2D eigenvalue weighted by Gasteiger charge is 2.18. The maximum atomic E-state index is 11.8. The summed E-state index contributed by atoms with van der Waals surface area (Å²) in [7, 11) is 2.97. The molecule has 7 nitrogen and oxygen atoms in total. The van der Waals surface area contributed by atoms with Crippen LogP contribution >= 0.6 is 0 Å². The van der Waals surface area contributed by atoms with E-state index in [1.807, 2.05) is 0 Å². The minimum absolute atomic E-state index is 0.0535. The van der Waals surface area contributed by atoms with Crippen molar-refractivity contribution >= 4 is 11.9 Å². The zero-order valence-electron chi connectivity index (χ0n) is 12.2. The van der Waals surface area contributed by atoms with Crippen LogP contribution < -0.4 is 14.8 Å². The van der Waals surface area contributed by atoms with Gasteiger partial charge in [0.05, 0.1) is 19.3 Å². The van der Waals surface area contributed by atoms with Gasteiger partial charge >= 0.3 is 5.97 Å². The van der Waals surface area contributed by atoms with Crippen LogP contribution in [0.1, 0.15) is 17.3 Å². The SMILES string of the molecule is COCCNC(=O)C(C)Oc1cc(C(=O)O)ccc1OC. The molecular weight excluding hydrogens is 278 g/mol. The normalized spacial score (nSPS) is 11.6. The highest BCUT2D eigenvalue weighted by atomic mass is 16.5. The average molecular weight is 297 g/mol. The number of carbonyl (C=O) groups excluding carboxylic acids is 1. The summed E-state index contributed by atoms with van der Waals surface area (Å²) < 4.78 is 15.4. The van der Waals surface area contributed by atoms with Crippen LogP contribution in [0.5, 0.6) is 11.5 Å². The van der Waals surface area contributed by atoms with E-state index in [-0.39, 0.29) is 17.2 Å². The summed E-state index contributed by atoms with van der Waals surface area (Å²) in [6.45, 7) is 2.33. The monoisotopic (exact) mass is 297 g/mol. The van der Waals surface area contributed by atoms with Gasteiger partial charge in [0.25, 0.3) is 5.91 Å².